The van der Waals surface area contributed by atoms with Gasteiger partial charge >= 0.3 is 5.97 Å². The number of carbonyl (C=O) groups excluding carboxylic acids is 1. The quantitative estimate of drug-likeness (QED) is 0.374. The van der Waals surface area contributed by atoms with E-state index in [1.165, 1.54) is 0 Å². The van der Waals surface area contributed by atoms with Crippen LogP contribution < -0.4 is 0 Å². The molecule has 4 nitrogen and oxygen atoms in total. The summed E-state index contributed by atoms with van der Waals surface area (Å²) in [6.07, 6.45) is 4.14. The van der Waals surface area contributed by atoms with Gasteiger partial charge in [0.25, 0.3) is 0 Å². The lowest BCUT2D eigenvalue weighted by Crippen LogP contribution is -2.26. The lowest BCUT2D eigenvalue weighted by molar-refractivity contribution is -0.124. The summed E-state index contributed by atoms with van der Waals surface area (Å²) in [5.41, 5.74) is 0.573. The van der Waals surface area contributed by atoms with Crippen LogP contribution in [-0.4, -0.2) is 32.6 Å². The van der Waals surface area contributed by atoms with Gasteiger partial charge < -0.3 is 14.2 Å². The zero-order valence-corrected chi connectivity index (χ0v) is 13.2. The van der Waals surface area contributed by atoms with Gasteiger partial charge in [-0.2, -0.15) is 0 Å². The molecule has 1 unspecified atom stereocenters. The third-order valence-corrected chi connectivity index (χ3v) is 3.39. The molecule has 0 saturated heterocycles. The molecule has 118 valence electrons. The Balaban J connectivity index is 2.60. The summed E-state index contributed by atoms with van der Waals surface area (Å²) in [5.74, 6) is -0.289. The van der Waals surface area contributed by atoms with Gasteiger partial charge in [0.05, 0.1) is 5.56 Å². The fourth-order valence-corrected chi connectivity index (χ4v) is 2.14. The summed E-state index contributed by atoms with van der Waals surface area (Å²) >= 11 is 0. The van der Waals surface area contributed by atoms with Gasteiger partial charge in [0, 0.05) is 20.6 Å². The maximum Gasteiger partial charge on any atom is 0.338 e. The fourth-order valence-electron chi connectivity index (χ4n) is 2.14. The first-order valence-corrected chi connectivity index (χ1v) is 7.52. The Morgan fingerprint density at radius 2 is 1.76 bits per heavy atom. The fraction of sp³-hybridized carbons (Fsp3) is 0.588. The lowest BCUT2D eigenvalue weighted by Gasteiger charge is -2.22. The first kappa shape index (κ1) is 17.7. The Kier molecular flexibility index (Phi) is 8.71. The molecular formula is C17H26O4. The van der Waals surface area contributed by atoms with Gasteiger partial charge in [0.2, 0.25) is 0 Å². The average molecular weight is 294 g/mol. The van der Waals surface area contributed by atoms with Gasteiger partial charge in [0.15, 0.2) is 6.29 Å². The van der Waals surface area contributed by atoms with E-state index in [-0.39, 0.29) is 18.4 Å². The second-order valence-corrected chi connectivity index (χ2v) is 5.03. The number of rotatable bonds is 10. The second kappa shape index (κ2) is 10.4. The van der Waals surface area contributed by atoms with Crippen molar-refractivity contribution in [3.8, 4) is 0 Å². The zero-order chi connectivity index (χ0) is 15.5. The van der Waals surface area contributed by atoms with Crippen LogP contribution >= 0.6 is 0 Å². The number of esters is 1. The van der Waals surface area contributed by atoms with Gasteiger partial charge in [-0.15, -0.1) is 0 Å². The highest BCUT2D eigenvalue weighted by Crippen LogP contribution is 2.16. The lowest BCUT2D eigenvalue weighted by atomic mass is 10.1. The molecule has 1 aromatic rings. The maximum absolute atomic E-state index is 12.1. The molecule has 0 radical (unpaired) electrons. The normalized spacial score (nSPS) is 12.4. The predicted molar refractivity (Wildman–Crippen MR) is 82.2 cm³/mol. The third-order valence-electron chi connectivity index (χ3n) is 3.39. The Morgan fingerprint density at radius 3 is 2.33 bits per heavy atom. The van der Waals surface area contributed by atoms with E-state index >= 15 is 0 Å². The first-order chi connectivity index (χ1) is 10.2. The molecule has 0 aliphatic heterocycles. The Labute approximate surface area is 127 Å². The van der Waals surface area contributed by atoms with Crippen LogP contribution in [0.4, 0.5) is 0 Å². The minimum atomic E-state index is -0.347. The van der Waals surface area contributed by atoms with Crippen LogP contribution in [0.15, 0.2) is 30.3 Å². The van der Waals surface area contributed by atoms with E-state index in [9.17, 15) is 4.79 Å². The Morgan fingerprint density at radius 1 is 1.10 bits per heavy atom. The summed E-state index contributed by atoms with van der Waals surface area (Å²) in [6.45, 7) is 2.15. The van der Waals surface area contributed by atoms with Crippen LogP contribution in [-0.2, 0) is 14.2 Å². The van der Waals surface area contributed by atoms with Crippen molar-refractivity contribution in [2.45, 2.75) is 51.4 Å². The van der Waals surface area contributed by atoms with Crippen molar-refractivity contribution in [2.24, 2.45) is 0 Å². The largest absolute Gasteiger partial charge is 0.459 e. The van der Waals surface area contributed by atoms with Crippen LogP contribution in [0.2, 0.25) is 0 Å². The molecule has 4 heteroatoms. The first-order valence-electron chi connectivity index (χ1n) is 7.52. The van der Waals surface area contributed by atoms with Gasteiger partial charge in [-0.3, -0.25) is 0 Å². The van der Waals surface area contributed by atoms with Crippen molar-refractivity contribution in [3.05, 3.63) is 35.9 Å². The number of hydrogen-bond acceptors (Lipinski definition) is 4. The molecule has 0 saturated carbocycles. The van der Waals surface area contributed by atoms with Crippen molar-refractivity contribution in [3.63, 3.8) is 0 Å². The smallest absolute Gasteiger partial charge is 0.338 e. The molecule has 0 bridgehead atoms. The summed E-state index contributed by atoms with van der Waals surface area (Å²) < 4.78 is 16.0. The Bertz CT molecular complexity index is 387. The summed E-state index contributed by atoms with van der Waals surface area (Å²) in [4.78, 5) is 12.1. The molecular weight excluding hydrogens is 268 g/mol. The number of methoxy groups -OCH3 is 2. The number of carbonyl (C=O) groups is 1. The Hall–Kier alpha value is -1.39. The molecule has 1 atom stereocenters. The SMILES string of the molecule is CCCCCC(CC(OC)OC)OC(=O)c1ccccc1. The highest BCUT2D eigenvalue weighted by molar-refractivity contribution is 5.89. The molecule has 1 rings (SSSR count). The van der Waals surface area contributed by atoms with E-state index in [0.717, 1.165) is 25.7 Å². The van der Waals surface area contributed by atoms with E-state index in [1.807, 2.05) is 18.2 Å². The average Bonchev–Trinajstić information content (AvgIpc) is 2.53. The van der Waals surface area contributed by atoms with Crippen LogP contribution in [0.25, 0.3) is 0 Å². The molecule has 0 amide bonds. The van der Waals surface area contributed by atoms with E-state index in [2.05, 4.69) is 6.92 Å². The highest BCUT2D eigenvalue weighted by atomic mass is 16.7. The molecule has 21 heavy (non-hydrogen) atoms. The molecule has 0 fully saturated rings. The highest BCUT2D eigenvalue weighted by Gasteiger charge is 2.20. The van der Waals surface area contributed by atoms with Crippen LogP contribution in [0.3, 0.4) is 0 Å². The van der Waals surface area contributed by atoms with Crippen molar-refractivity contribution in [2.75, 3.05) is 14.2 Å². The van der Waals surface area contributed by atoms with Crippen LogP contribution in [0, 0.1) is 0 Å². The van der Waals surface area contributed by atoms with E-state index in [4.69, 9.17) is 14.2 Å². The molecule has 0 aliphatic rings. The molecule has 0 spiro atoms. The number of ether oxygens (including phenoxy) is 3. The predicted octanol–water partition coefficient (Wildman–Crippen LogP) is 3.80. The van der Waals surface area contributed by atoms with E-state index in [1.54, 1.807) is 26.4 Å². The topological polar surface area (TPSA) is 44.8 Å². The summed E-state index contributed by atoms with van der Waals surface area (Å²) in [5, 5.41) is 0. The summed E-state index contributed by atoms with van der Waals surface area (Å²) in [6, 6.07) is 9.05. The minimum absolute atomic E-state index is 0.186. The van der Waals surface area contributed by atoms with E-state index in [0.29, 0.717) is 12.0 Å². The van der Waals surface area contributed by atoms with Gasteiger partial charge in [-0.1, -0.05) is 38.0 Å². The molecule has 0 N–H and O–H groups in total. The number of benzene rings is 1. The number of unbranched alkanes of at least 4 members (excludes halogenated alkanes) is 2. The van der Waals surface area contributed by atoms with Crippen molar-refractivity contribution in [1.29, 1.82) is 0 Å². The number of hydrogen-bond donors (Lipinski definition) is 0. The minimum Gasteiger partial charge on any atom is -0.459 e. The van der Waals surface area contributed by atoms with Gasteiger partial charge in [-0.25, -0.2) is 4.79 Å². The van der Waals surface area contributed by atoms with Crippen LogP contribution in [0.1, 0.15) is 49.4 Å². The molecule has 0 heterocycles. The molecule has 0 aliphatic carbocycles. The maximum atomic E-state index is 12.1. The second-order valence-electron chi connectivity index (χ2n) is 5.03. The third kappa shape index (κ3) is 6.74. The summed E-state index contributed by atoms with van der Waals surface area (Å²) in [7, 11) is 3.19. The standard InChI is InChI=1S/C17H26O4/c1-4-5-7-12-15(13-16(19-2)20-3)21-17(18)14-10-8-6-9-11-14/h6,8-11,15-16H,4-5,7,12-13H2,1-3H3. The van der Waals surface area contributed by atoms with Gasteiger partial charge in [-0.05, 0) is 25.0 Å². The van der Waals surface area contributed by atoms with E-state index < -0.39 is 0 Å². The zero-order valence-electron chi connectivity index (χ0n) is 13.2. The monoisotopic (exact) mass is 294 g/mol. The van der Waals surface area contributed by atoms with Crippen molar-refractivity contribution in [1.82, 2.24) is 0 Å². The van der Waals surface area contributed by atoms with Gasteiger partial charge in [0.1, 0.15) is 6.10 Å². The van der Waals surface area contributed by atoms with Crippen molar-refractivity contribution >= 4 is 5.97 Å². The molecule has 0 aromatic heterocycles. The van der Waals surface area contributed by atoms with Crippen molar-refractivity contribution < 1.29 is 19.0 Å². The van der Waals surface area contributed by atoms with Crippen LogP contribution in [0.5, 0.6) is 0 Å². The molecule has 1 aromatic carbocycles.